The van der Waals surface area contributed by atoms with Gasteiger partial charge in [0.05, 0.1) is 27.5 Å². The third kappa shape index (κ3) is 4.84. The van der Waals surface area contributed by atoms with Gasteiger partial charge in [-0.15, -0.1) is 0 Å². The number of hydrazone groups is 1. The summed E-state index contributed by atoms with van der Waals surface area (Å²) in [7, 11) is 4.69. The molecule has 0 aliphatic rings. The summed E-state index contributed by atoms with van der Waals surface area (Å²) < 4.78 is 16.0. The van der Waals surface area contributed by atoms with Crippen LogP contribution in [0.25, 0.3) is 0 Å². The average Bonchev–Trinajstić information content (AvgIpc) is 2.62. The number of hydrogen-bond donors (Lipinski definition) is 2. The number of aryl methyl sites for hydroxylation is 1. The number of methoxy groups -OCH3 is 3. The molecule has 7 heteroatoms. The largest absolute Gasteiger partial charge is 0.493 e. The van der Waals surface area contributed by atoms with Crippen LogP contribution in [0.3, 0.4) is 0 Å². The van der Waals surface area contributed by atoms with Gasteiger partial charge in [0.25, 0.3) is 0 Å². The summed E-state index contributed by atoms with van der Waals surface area (Å²) in [6, 6.07) is 11.5. The highest BCUT2D eigenvalue weighted by molar-refractivity contribution is 7.80. The molecule has 0 fully saturated rings. The maximum atomic E-state index is 5.40. The Hall–Kier alpha value is -2.80. The minimum atomic E-state index is 0.388. The first-order chi connectivity index (χ1) is 12.1. The molecule has 132 valence electrons. The lowest BCUT2D eigenvalue weighted by atomic mass is 10.2. The summed E-state index contributed by atoms with van der Waals surface area (Å²) in [5, 5.41) is 7.58. The molecule has 2 aromatic rings. The van der Waals surface area contributed by atoms with Gasteiger partial charge < -0.3 is 19.5 Å². The molecular formula is C18H21N3O3S. The van der Waals surface area contributed by atoms with Crippen molar-refractivity contribution >= 4 is 29.2 Å². The van der Waals surface area contributed by atoms with E-state index in [0.717, 1.165) is 11.3 Å². The summed E-state index contributed by atoms with van der Waals surface area (Å²) in [6.07, 6.45) is 1.60. The summed E-state index contributed by atoms with van der Waals surface area (Å²) in [5.41, 5.74) is 5.58. The second-order valence-corrected chi connectivity index (χ2v) is 5.52. The highest BCUT2D eigenvalue weighted by Gasteiger charge is 2.14. The van der Waals surface area contributed by atoms with Gasteiger partial charge in [-0.05, 0) is 43.4 Å². The summed E-state index contributed by atoms with van der Waals surface area (Å²) in [4.78, 5) is 0. The molecule has 0 unspecified atom stereocenters. The molecule has 0 saturated carbocycles. The van der Waals surface area contributed by atoms with Gasteiger partial charge in [-0.2, -0.15) is 5.10 Å². The molecule has 6 nitrogen and oxygen atoms in total. The van der Waals surface area contributed by atoms with Crippen LogP contribution in [0, 0.1) is 6.92 Å². The number of thiocarbonyl (C=S) groups is 1. The third-order valence-electron chi connectivity index (χ3n) is 3.41. The molecule has 0 aromatic heterocycles. The van der Waals surface area contributed by atoms with Gasteiger partial charge in [0.2, 0.25) is 5.75 Å². The van der Waals surface area contributed by atoms with Crippen LogP contribution in [-0.4, -0.2) is 32.7 Å². The van der Waals surface area contributed by atoms with E-state index in [0.29, 0.717) is 22.4 Å². The molecule has 0 aliphatic heterocycles. The predicted molar refractivity (Wildman–Crippen MR) is 104 cm³/mol. The summed E-state index contributed by atoms with van der Waals surface area (Å²) >= 11 is 5.22. The Morgan fingerprint density at radius 3 is 2.24 bits per heavy atom. The van der Waals surface area contributed by atoms with E-state index in [1.807, 2.05) is 37.3 Å². The van der Waals surface area contributed by atoms with Crippen molar-refractivity contribution in [3.05, 3.63) is 47.5 Å². The molecule has 0 saturated heterocycles. The van der Waals surface area contributed by atoms with Crippen LogP contribution in [0.4, 0.5) is 5.69 Å². The van der Waals surface area contributed by atoms with Crippen molar-refractivity contribution in [2.45, 2.75) is 6.92 Å². The van der Waals surface area contributed by atoms with Gasteiger partial charge >= 0.3 is 0 Å². The lowest BCUT2D eigenvalue weighted by Crippen LogP contribution is -2.23. The smallest absolute Gasteiger partial charge is 0.203 e. The lowest BCUT2D eigenvalue weighted by molar-refractivity contribution is 0.324. The molecule has 0 bridgehead atoms. The molecule has 0 aliphatic carbocycles. The molecule has 0 radical (unpaired) electrons. The van der Waals surface area contributed by atoms with Crippen molar-refractivity contribution in [3.63, 3.8) is 0 Å². The Kier molecular flexibility index (Phi) is 6.59. The molecule has 25 heavy (non-hydrogen) atoms. The fraction of sp³-hybridized carbons (Fsp3) is 0.222. The summed E-state index contributed by atoms with van der Waals surface area (Å²) in [6.45, 7) is 2.03. The Balaban J connectivity index is 2.06. The van der Waals surface area contributed by atoms with Gasteiger partial charge in [0.1, 0.15) is 0 Å². The van der Waals surface area contributed by atoms with Crippen molar-refractivity contribution in [2.24, 2.45) is 5.10 Å². The molecule has 2 N–H and O–H groups in total. The fourth-order valence-corrected chi connectivity index (χ4v) is 2.35. The normalized spacial score (nSPS) is 10.4. The second kappa shape index (κ2) is 8.89. The van der Waals surface area contributed by atoms with E-state index in [1.165, 1.54) is 5.56 Å². The van der Waals surface area contributed by atoms with E-state index in [1.54, 1.807) is 33.6 Å². The Morgan fingerprint density at radius 1 is 0.960 bits per heavy atom. The minimum absolute atomic E-state index is 0.388. The molecule has 0 atom stereocenters. The second-order valence-electron chi connectivity index (χ2n) is 5.11. The van der Waals surface area contributed by atoms with Crippen LogP contribution in [0.5, 0.6) is 17.2 Å². The lowest BCUT2D eigenvalue weighted by Gasteiger charge is -2.13. The van der Waals surface area contributed by atoms with Gasteiger partial charge in [-0.1, -0.05) is 17.7 Å². The van der Waals surface area contributed by atoms with E-state index in [4.69, 9.17) is 26.4 Å². The van der Waals surface area contributed by atoms with Crippen molar-refractivity contribution in [2.75, 3.05) is 26.6 Å². The predicted octanol–water partition coefficient (Wildman–Crippen LogP) is 3.34. The molecule has 2 aromatic carbocycles. The monoisotopic (exact) mass is 359 g/mol. The van der Waals surface area contributed by atoms with Crippen LogP contribution in [0.2, 0.25) is 0 Å². The van der Waals surface area contributed by atoms with E-state index in [9.17, 15) is 0 Å². The van der Waals surface area contributed by atoms with Crippen LogP contribution < -0.4 is 25.0 Å². The Bertz CT molecular complexity index is 761. The quantitative estimate of drug-likeness (QED) is 0.469. The van der Waals surface area contributed by atoms with Gasteiger partial charge in [-0.25, -0.2) is 0 Å². The van der Waals surface area contributed by atoms with Crippen molar-refractivity contribution in [3.8, 4) is 17.2 Å². The number of rotatable bonds is 6. The van der Waals surface area contributed by atoms with Gasteiger partial charge in [0.15, 0.2) is 16.6 Å². The van der Waals surface area contributed by atoms with Gasteiger partial charge in [0, 0.05) is 11.3 Å². The minimum Gasteiger partial charge on any atom is -0.493 e. The summed E-state index contributed by atoms with van der Waals surface area (Å²) in [5.74, 6) is 1.63. The van der Waals surface area contributed by atoms with E-state index >= 15 is 0 Å². The Morgan fingerprint density at radius 2 is 1.64 bits per heavy atom. The first-order valence-corrected chi connectivity index (χ1v) is 7.95. The molecule has 0 spiro atoms. The molecule has 0 amide bonds. The number of hydrogen-bond acceptors (Lipinski definition) is 5. The number of anilines is 1. The van der Waals surface area contributed by atoms with Crippen LogP contribution in [-0.2, 0) is 0 Å². The molecule has 2 rings (SSSR count). The molecular weight excluding hydrogens is 338 g/mol. The maximum absolute atomic E-state index is 5.40. The number of nitrogens with one attached hydrogen (secondary N) is 2. The first kappa shape index (κ1) is 18.5. The van der Waals surface area contributed by atoms with E-state index in [2.05, 4.69) is 15.8 Å². The topological polar surface area (TPSA) is 64.1 Å². The zero-order chi connectivity index (χ0) is 18.2. The Labute approximate surface area is 152 Å². The molecule has 0 heterocycles. The van der Waals surface area contributed by atoms with Crippen molar-refractivity contribution in [1.82, 2.24) is 5.43 Å². The fourth-order valence-electron chi connectivity index (χ4n) is 2.18. The van der Waals surface area contributed by atoms with Crippen LogP contribution >= 0.6 is 12.2 Å². The number of ether oxygens (including phenoxy) is 3. The number of benzene rings is 2. The first-order valence-electron chi connectivity index (χ1n) is 7.54. The third-order valence-corrected chi connectivity index (χ3v) is 3.61. The van der Waals surface area contributed by atoms with Crippen molar-refractivity contribution < 1.29 is 14.2 Å². The van der Waals surface area contributed by atoms with Crippen LogP contribution in [0.15, 0.2) is 41.5 Å². The maximum Gasteiger partial charge on any atom is 0.203 e. The standard InChI is InChI=1S/C18H21N3O3S/c1-12-5-8-14(9-6-12)20-18(25)21-19-11-13-7-10-15(22-2)17(24-4)16(13)23-3/h5-11H,1-4H3,(H2,20,21,25)/b19-11-. The van der Waals surface area contributed by atoms with Gasteiger partial charge in [-0.3, -0.25) is 5.43 Å². The van der Waals surface area contributed by atoms with Crippen molar-refractivity contribution in [1.29, 1.82) is 0 Å². The average molecular weight is 359 g/mol. The zero-order valence-electron chi connectivity index (χ0n) is 14.6. The highest BCUT2D eigenvalue weighted by atomic mass is 32.1. The van der Waals surface area contributed by atoms with E-state index in [-0.39, 0.29) is 0 Å². The van der Waals surface area contributed by atoms with Crippen LogP contribution in [0.1, 0.15) is 11.1 Å². The SMILES string of the molecule is COc1ccc(/C=N\NC(=S)Nc2ccc(C)cc2)c(OC)c1OC. The zero-order valence-corrected chi connectivity index (χ0v) is 15.4. The number of nitrogens with zero attached hydrogens (tertiary/aromatic N) is 1. The highest BCUT2D eigenvalue weighted by Crippen LogP contribution is 2.38. The van der Waals surface area contributed by atoms with E-state index < -0.39 is 0 Å².